The summed E-state index contributed by atoms with van der Waals surface area (Å²) in [5.41, 5.74) is -0.606. The number of carbonyl (C=O) groups excluding carboxylic acids is 1. The van der Waals surface area contributed by atoms with Gasteiger partial charge in [-0.1, -0.05) is 18.2 Å². The van der Waals surface area contributed by atoms with Crippen LogP contribution in [-0.2, 0) is 10.0 Å². The first-order valence-electron chi connectivity index (χ1n) is 5.59. The number of benzene rings is 2. The van der Waals surface area contributed by atoms with Crippen LogP contribution < -0.4 is 9.83 Å². The quantitative estimate of drug-likeness (QED) is 0.917. The second-order valence-electron chi connectivity index (χ2n) is 4.01. The molecule has 21 heavy (non-hydrogen) atoms. The molecule has 0 unspecified atom stereocenters. The monoisotopic (exact) mass is 312 g/mol. The fraction of sp³-hybridized carbons (Fsp3) is 0. The predicted molar refractivity (Wildman–Crippen MR) is 67.9 cm³/mol. The lowest BCUT2D eigenvalue weighted by atomic mass is 10.2. The molecule has 2 aromatic carbocycles. The molecule has 0 spiro atoms. The molecule has 0 fully saturated rings. The second kappa shape index (κ2) is 5.49. The Kier molecular flexibility index (Phi) is 3.90. The van der Waals surface area contributed by atoms with Gasteiger partial charge in [0.25, 0.3) is 10.0 Å². The molecular formula is C13H8F2NO4S-. The van der Waals surface area contributed by atoms with Crippen molar-refractivity contribution in [3.05, 3.63) is 59.7 Å². The van der Waals surface area contributed by atoms with Gasteiger partial charge in [-0.2, -0.15) is 0 Å². The van der Waals surface area contributed by atoms with Crippen LogP contribution in [0.3, 0.4) is 0 Å². The van der Waals surface area contributed by atoms with Crippen LogP contribution in [0, 0.1) is 11.6 Å². The first-order chi connectivity index (χ1) is 9.81. The molecule has 2 aromatic rings. The van der Waals surface area contributed by atoms with Crippen LogP contribution in [0.4, 0.5) is 14.5 Å². The van der Waals surface area contributed by atoms with Gasteiger partial charge >= 0.3 is 0 Å². The van der Waals surface area contributed by atoms with E-state index in [9.17, 15) is 27.1 Å². The number of halogens is 2. The number of hydrogen-bond acceptors (Lipinski definition) is 4. The summed E-state index contributed by atoms with van der Waals surface area (Å²) in [5, 5.41) is 10.9. The highest BCUT2D eigenvalue weighted by atomic mass is 32.2. The zero-order valence-corrected chi connectivity index (χ0v) is 11.2. The van der Waals surface area contributed by atoms with Crippen molar-refractivity contribution in [1.82, 2.24) is 0 Å². The number of aromatic carboxylic acids is 1. The lowest BCUT2D eigenvalue weighted by molar-refractivity contribution is -0.254. The first kappa shape index (κ1) is 14.9. The Morgan fingerprint density at radius 3 is 2.33 bits per heavy atom. The third kappa shape index (κ3) is 3.16. The molecule has 0 aliphatic heterocycles. The maximum atomic E-state index is 13.1. The Bertz CT molecular complexity index is 806. The Morgan fingerprint density at radius 1 is 1.05 bits per heavy atom. The summed E-state index contributed by atoms with van der Waals surface area (Å²) in [4.78, 5) is 10.4. The van der Waals surface area contributed by atoms with Crippen molar-refractivity contribution in [3.63, 3.8) is 0 Å². The largest absolute Gasteiger partial charge is 0.545 e. The fourth-order valence-corrected chi connectivity index (χ4v) is 2.69. The van der Waals surface area contributed by atoms with Crippen LogP contribution in [0.2, 0.25) is 0 Å². The highest BCUT2D eigenvalue weighted by Gasteiger charge is 2.18. The number of carbonyl (C=O) groups is 1. The number of carboxylic acids is 1. The van der Waals surface area contributed by atoms with Gasteiger partial charge in [0, 0.05) is 5.56 Å². The van der Waals surface area contributed by atoms with Gasteiger partial charge < -0.3 is 9.90 Å². The van der Waals surface area contributed by atoms with Crippen molar-refractivity contribution in [3.8, 4) is 0 Å². The number of sulfonamides is 1. The van der Waals surface area contributed by atoms with Crippen LogP contribution in [0.1, 0.15) is 10.4 Å². The van der Waals surface area contributed by atoms with Crippen molar-refractivity contribution < 1.29 is 27.1 Å². The molecule has 2 rings (SSSR count). The van der Waals surface area contributed by atoms with Gasteiger partial charge in [0.2, 0.25) is 0 Å². The van der Waals surface area contributed by atoms with Gasteiger partial charge in [-0.3, -0.25) is 4.72 Å². The molecule has 0 aromatic heterocycles. The average molecular weight is 312 g/mol. The number of carboxylic acid groups (broad SMARTS) is 1. The van der Waals surface area contributed by atoms with Crippen molar-refractivity contribution in [2.45, 2.75) is 4.90 Å². The average Bonchev–Trinajstić information content (AvgIpc) is 2.41. The van der Waals surface area contributed by atoms with E-state index in [1.54, 1.807) is 0 Å². The summed E-state index contributed by atoms with van der Waals surface area (Å²) in [6.07, 6.45) is 0. The van der Waals surface area contributed by atoms with Gasteiger partial charge in [-0.05, 0) is 24.3 Å². The van der Waals surface area contributed by atoms with Gasteiger partial charge in [-0.25, -0.2) is 17.2 Å². The Morgan fingerprint density at radius 2 is 1.71 bits per heavy atom. The van der Waals surface area contributed by atoms with E-state index >= 15 is 0 Å². The van der Waals surface area contributed by atoms with Crippen LogP contribution in [-0.4, -0.2) is 14.4 Å². The van der Waals surface area contributed by atoms with Gasteiger partial charge in [0.1, 0.15) is 0 Å². The number of hydrogen-bond donors (Lipinski definition) is 1. The highest BCUT2D eigenvalue weighted by Crippen LogP contribution is 2.20. The van der Waals surface area contributed by atoms with Crippen LogP contribution in [0.25, 0.3) is 0 Å². The zero-order valence-electron chi connectivity index (χ0n) is 10.3. The molecule has 0 aliphatic rings. The molecule has 0 atom stereocenters. The predicted octanol–water partition coefficient (Wildman–Crippen LogP) is 1.13. The number of para-hydroxylation sites is 1. The van der Waals surface area contributed by atoms with E-state index in [0.717, 1.165) is 12.1 Å². The summed E-state index contributed by atoms with van der Waals surface area (Å²) >= 11 is 0. The van der Waals surface area contributed by atoms with E-state index in [1.807, 2.05) is 4.72 Å². The molecular weight excluding hydrogens is 304 g/mol. The van der Waals surface area contributed by atoms with Crippen molar-refractivity contribution in [1.29, 1.82) is 0 Å². The summed E-state index contributed by atoms with van der Waals surface area (Å²) < 4.78 is 51.9. The van der Waals surface area contributed by atoms with E-state index in [-0.39, 0.29) is 11.3 Å². The van der Waals surface area contributed by atoms with E-state index in [0.29, 0.717) is 12.1 Å². The smallest absolute Gasteiger partial charge is 0.262 e. The van der Waals surface area contributed by atoms with Crippen molar-refractivity contribution in [2.24, 2.45) is 0 Å². The molecule has 1 N–H and O–H groups in total. The van der Waals surface area contributed by atoms with E-state index in [1.165, 1.54) is 18.2 Å². The summed E-state index contributed by atoms with van der Waals surface area (Å²) in [5.74, 6) is -4.09. The molecule has 0 heterocycles. The lowest BCUT2D eigenvalue weighted by Gasteiger charge is -2.13. The van der Waals surface area contributed by atoms with Gasteiger partial charge in [0.05, 0.1) is 16.6 Å². The Hall–Kier alpha value is -2.48. The fourth-order valence-electron chi connectivity index (χ4n) is 1.60. The summed E-state index contributed by atoms with van der Waals surface area (Å²) in [6, 6.07) is 7.19. The minimum atomic E-state index is -4.26. The number of rotatable bonds is 4. The first-order valence-corrected chi connectivity index (χ1v) is 7.08. The van der Waals surface area contributed by atoms with Crippen molar-refractivity contribution >= 4 is 21.7 Å². The lowest BCUT2D eigenvalue weighted by Crippen LogP contribution is -2.25. The Balaban J connectivity index is 2.42. The topological polar surface area (TPSA) is 86.3 Å². The normalized spacial score (nSPS) is 11.1. The molecule has 0 amide bonds. The van der Waals surface area contributed by atoms with Crippen LogP contribution in [0.5, 0.6) is 0 Å². The summed E-state index contributed by atoms with van der Waals surface area (Å²) in [7, 11) is -4.26. The molecule has 0 aliphatic carbocycles. The third-order valence-electron chi connectivity index (χ3n) is 2.59. The Labute approximate surface area is 118 Å². The highest BCUT2D eigenvalue weighted by molar-refractivity contribution is 7.92. The zero-order chi connectivity index (χ0) is 15.6. The number of anilines is 1. The maximum Gasteiger partial charge on any atom is 0.262 e. The maximum absolute atomic E-state index is 13.1. The van der Waals surface area contributed by atoms with Crippen molar-refractivity contribution in [2.75, 3.05) is 4.72 Å². The second-order valence-corrected chi connectivity index (χ2v) is 5.70. The van der Waals surface area contributed by atoms with Gasteiger partial charge in [-0.15, -0.1) is 0 Å². The van der Waals surface area contributed by atoms with Crippen LogP contribution in [0.15, 0.2) is 47.4 Å². The summed E-state index contributed by atoms with van der Waals surface area (Å²) in [6.45, 7) is 0. The standard InChI is InChI=1S/C13H9F2NO4S/c14-10-6-5-8(7-11(10)15)21(19,20)16-12-4-2-1-3-9(12)13(17)18/h1-7,16H,(H,17,18)/p-1. The molecule has 0 radical (unpaired) electrons. The minimum Gasteiger partial charge on any atom is -0.545 e. The SMILES string of the molecule is O=C([O-])c1ccccc1NS(=O)(=O)c1ccc(F)c(F)c1. The van der Waals surface area contributed by atoms with E-state index in [4.69, 9.17) is 0 Å². The van der Waals surface area contributed by atoms with E-state index in [2.05, 4.69) is 0 Å². The molecule has 8 heteroatoms. The molecule has 0 bridgehead atoms. The van der Waals surface area contributed by atoms with Crippen LogP contribution >= 0.6 is 0 Å². The molecule has 0 saturated heterocycles. The van der Waals surface area contributed by atoms with E-state index < -0.39 is 32.5 Å². The number of nitrogens with one attached hydrogen (secondary N) is 1. The third-order valence-corrected chi connectivity index (χ3v) is 3.96. The minimum absolute atomic E-state index is 0.234. The molecule has 110 valence electrons. The molecule has 0 saturated carbocycles. The molecule has 5 nitrogen and oxygen atoms in total. The van der Waals surface area contributed by atoms with Gasteiger partial charge in [0.15, 0.2) is 11.6 Å².